The zero-order chi connectivity index (χ0) is 19.0. The van der Waals surface area contributed by atoms with Gasteiger partial charge in [0.1, 0.15) is 10.5 Å². The molecule has 0 aliphatic rings. The number of aromatic nitrogens is 1. The average molecular weight is 374 g/mol. The van der Waals surface area contributed by atoms with E-state index in [4.69, 9.17) is 5.11 Å². The molecule has 136 valence electrons. The van der Waals surface area contributed by atoms with Crippen molar-refractivity contribution in [2.75, 3.05) is 0 Å². The molecule has 0 bridgehead atoms. The molecule has 2 aromatic rings. The summed E-state index contributed by atoms with van der Waals surface area (Å²) in [6.07, 6.45) is -4.42. The van der Waals surface area contributed by atoms with Gasteiger partial charge < -0.3 is 10.4 Å². The molecule has 0 radical (unpaired) electrons. The number of hydrogen-bond donors (Lipinski definition) is 2. The Bertz CT molecular complexity index is 828. The molecule has 0 aliphatic heterocycles. The number of halogens is 3. The van der Waals surface area contributed by atoms with Crippen LogP contribution in [0.5, 0.6) is 0 Å². The lowest BCUT2D eigenvalue weighted by Crippen LogP contribution is -2.43. The molecular formula is C16H17F3N2O3S. The number of hydrogen-bond acceptors (Lipinski definition) is 4. The highest BCUT2D eigenvalue weighted by Crippen LogP contribution is 2.34. The molecule has 0 aromatic carbocycles. The van der Waals surface area contributed by atoms with Crippen LogP contribution in [0, 0.1) is 6.92 Å². The van der Waals surface area contributed by atoms with Crippen molar-refractivity contribution >= 4 is 33.4 Å². The van der Waals surface area contributed by atoms with Crippen molar-refractivity contribution in [2.45, 2.75) is 45.3 Å². The van der Waals surface area contributed by atoms with E-state index in [2.05, 4.69) is 10.3 Å². The molecule has 2 rings (SSSR count). The number of nitrogens with one attached hydrogen (secondary N) is 1. The van der Waals surface area contributed by atoms with E-state index in [0.29, 0.717) is 10.9 Å². The number of amides is 1. The van der Waals surface area contributed by atoms with Gasteiger partial charge in [-0.3, -0.25) is 9.59 Å². The van der Waals surface area contributed by atoms with Crippen molar-refractivity contribution in [1.29, 1.82) is 0 Å². The number of pyridine rings is 1. The van der Waals surface area contributed by atoms with Gasteiger partial charge in [-0.2, -0.15) is 13.2 Å². The monoisotopic (exact) mass is 374 g/mol. The Morgan fingerprint density at radius 2 is 1.92 bits per heavy atom. The van der Waals surface area contributed by atoms with Crippen molar-refractivity contribution in [2.24, 2.45) is 0 Å². The van der Waals surface area contributed by atoms with E-state index >= 15 is 0 Å². The van der Waals surface area contributed by atoms with Gasteiger partial charge in [0.05, 0.1) is 4.88 Å². The summed E-state index contributed by atoms with van der Waals surface area (Å²) in [5.41, 5.74) is -1.22. The number of nitrogens with zero attached hydrogens (tertiary/aromatic N) is 1. The van der Waals surface area contributed by atoms with E-state index in [9.17, 15) is 22.8 Å². The summed E-state index contributed by atoms with van der Waals surface area (Å²) in [4.78, 5) is 27.2. The molecule has 9 heteroatoms. The van der Waals surface area contributed by atoms with E-state index in [0.717, 1.165) is 17.4 Å². The third-order valence-electron chi connectivity index (χ3n) is 3.72. The van der Waals surface area contributed by atoms with E-state index in [1.54, 1.807) is 20.8 Å². The van der Waals surface area contributed by atoms with E-state index < -0.39 is 29.3 Å². The van der Waals surface area contributed by atoms with Crippen LogP contribution in [-0.2, 0) is 11.0 Å². The van der Waals surface area contributed by atoms with Gasteiger partial charge in [-0.05, 0) is 44.9 Å². The van der Waals surface area contributed by atoms with E-state index in [1.165, 1.54) is 6.07 Å². The number of aliphatic carboxylic acids is 1. The van der Waals surface area contributed by atoms with Crippen LogP contribution in [0.3, 0.4) is 0 Å². The maximum absolute atomic E-state index is 12.8. The number of carbonyl (C=O) groups is 2. The predicted molar refractivity (Wildman–Crippen MR) is 87.8 cm³/mol. The summed E-state index contributed by atoms with van der Waals surface area (Å²) in [7, 11) is 0. The first-order valence-corrected chi connectivity index (χ1v) is 8.24. The van der Waals surface area contributed by atoms with Crippen LogP contribution >= 0.6 is 11.3 Å². The quantitative estimate of drug-likeness (QED) is 0.829. The van der Waals surface area contributed by atoms with Gasteiger partial charge in [-0.15, -0.1) is 11.3 Å². The van der Waals surface area contributed by atoms with Crippen molar-refractivity contribution < 1.29 is 27.9 Å². The highest BCUT2D eigenvalue weighted by Gasteiger charge is 2.33. The number of carboxylic acids is 1. The van der Waals surface area contributed by atoms with Gasteiger partial charge >= 0.3 is 12.1 Å². The van der Waals surface area contributed by atoms with Crippen molar-refractivity contribution in [3.05, 3.63) is 28.3 Å². The number of aryl methyl sites for hydroxylation is 1. The highest BCUT2D eigenvalue weighted by atomic mass is 32.1. The normalized spacial score (nSPS) is 12.4. The lowest BCUT2D eigenvalue weighted by atomic mass is 9.98. The molecule has 2 heterocycles. The number of carboxylic acid groups (broad SMARTS) is 1. The zero-order valence-electron chi connectivity index (χ0n) is 13.8. The minimum Gasteiger partial charge on any atom is -0.481 e. The number of fused-ring (bicyclic) bond motifs is 1. The summed E-state index contributed by atoms with van der Waals surface area (Å²) in [5.74, 6) is -1.42. The Kier molecular flexibility index (Phi) is 5.08. The van der Waals surface area contributed by atoms with Gasteiger partial charge in [-0.25, -0.2) is 4.98 Å². The third-order valence-corrected chi connectivity index (χ3v) is 4.92. The average Bonchev–Trinajstić information content (AvgIpc) is 2.81. The number of thiophene rings is 1. The molecule has 0 saturated heterocycles. The van der Waals surface area contributed by atoms with Gasteiger partial charge in [0, 0.05) is 17.3 Å². The number of alkyl halides is 3. The molecular weight excluding hydrogens is 357 g/mol. The number of rotatable bonds is 5. The molecule has 5 nitrogen and oxygen atoms in total. The minimum absolute atomic E-state index is 0.102. The first-order chi connectivity index (χ1) is 11.4. The zero-order valence-corrected chi connectivity index (χ0v) is 14.6. The lowest BCUT2D eigenvalue weighted by Gasteiger charge is -2.25. The lowest BCUT2D eigenvalue weighted by molar-refractivity contribution is -0.141. The molecule has 2 N–H and O–H groups in total. The molecule has 0 saturated carbocycles. The van der Waals surface area contributed by atoms with E-state index in [1.807, 2.05) is 0 Å². The second kappa shape index (κ2) is 6.62. The van der Waals surface area contributed by atoms with Crippen LogP contribution in [0.1, 0.15) is 47.6 Å². The largest absolute Gasteiger partial charge is 0.481 e. The summed E-state index contributed by atoms with van der Waals surface area (Å²) < 4.78 is 38.3. The van der Waals surface area contributed by atoms with E-state index in [-0.39, 0.29) is 22.5 Å². The summed E-state index contributed by atoms with van der Waals surface area (Å²) in [6.45, 7) is 5.03. The van der Waals surface area contributed by atoms with Crippen molar-refractivity contribution in [3.63, 3.8) is 0 Å². The predicted octanol–water partition coefficient (Wildman–Crippen LogP) is 4.00. The van der Waals surface area contributed by atoms with Crippen LogP contribution in [0.2, 0.25) is 0 Å². The van der Waals surface area contributed by atoms with Gasteiger partial charge in [0.25, 0.3) is 5.91 Å². The van der Waals surface area contributed by atoms with Gasteiger partial charge in [-0.1, -0.05) is 0 Å². The number of carbonyl (C=O) groups excluding carboxylic acids is 1. The van der Waals surface area contributed by atoms with Gasteiger partial charge in [0.2, 0.25) is 0 Å². The Morgan fingerprint density at radius 1 is 1.28 bits per heavy atom. The van der Waals surface area contributed by atoms with Crippen LogP contribution in [0.25, 0.3) is 10.2 Å². The molecule has 25 heavy (non-hydrogen) atoms. The third kappa shape index (κ3) is 4.47. The molecule has 0 unspecified atom stereocenters. The smallest absolute Gasteiger partial charge is 0.433 e. The molecule has 2 aromatic heterocycles. The van der Waals surface area contributed by atoms with Crippen LogP contribution < -0.4 is 5.32 Å². The second-order valence-electron chi connectivity index (χ2n) is 6.33. The first kappa shape index (κ1) is 19.2. The maximum atomic E-state index is 12.8. The highest BCUT2D eigenvalue weighted by molar-refractivity contribution is 7.20. The molecule has 0 spiro atoms. The molecule has 1 amide bonds. The minimum atomic E-state index is -4.55. The summed E-state index contributed by atoms with van der Waals surface area (Å²) in [6, 6.07) is 2.20. The van der Waals surface area contributed by atoms with Crippen LogP contribution in [0.4, 0.5) is 13.2 Å². The van der Waals surface area contributed by atoms with Crippen molar-refractivity contribution in [3.8, 4) is 0 Å². The Balaban J connectivity index is 2.29. The fourth-order valence-corrected chi connectivity index (χ4v) is 3.39. The van der Waals surface area contributed by atoms with Crippen LogP contribution in [0.15, 0.2) is 12.1 Å². The summed E-state index contributed by atoms with van der Waals surface area (Å²) >= 11 is 0.888. The first-order valence-electron chi connectivity index (χ1n) is 7.42. The Labute approximate surface area is 145 Å². The molecule has 0 aliphatic carbocycles. The second-order valence-corrected chi connectivity index (χ2v) is 7.33. The standard InChI is InChI=1S/C16H17F3N2O3S/c1-8-9-4-5-10(16(17,18)19)20-14(9)25-12(8)13(24)21-15(2,3)7-6-11(22)23/h4-5H,6-7H2,1-3H3,(H,21,24)(H,22,23). The van der Waals surface area contributed by atoms with Crippen LogP contribution in [-0.4, -0.2) is 27.5 Å². The Hall–Kier alpha value is -2.16. The van der Waals surface area contributed by atoms with Crippen molar-refractivity contribution in [1.82, 2.24) is 10.3 Å². The Morgan fingerprint density at radius 3 is 2.48 bits per heavy atom. The molecule has 0 fully saturated rings. The SMILES string of the molecule is Cc1c(C(=O)NC(C)(C)CCC(=O)O)sc2nc(C(F)(F)F)ccc12. The topological polar surface area (TPSA) is 79.3 Å². The molecule has 0 atom stereocenters. The van der Waals surface area contributed by atoms with Gasteiger partial charge in [0.15, 0.2) is 0 Å². The fourth-order valence-electron chi connectivity index (χ4n) is 2.32. The fraction of sp³-hybridized carbons (Fsp3) is 0.438. The maximum Gasteiger partial charge on any atom is 0.433 e. The summed E-state index contributed by atoms with van der Waals surface area (Å²) in [5, 5.41) is 12.0.